The molecule has 0 saturated heterocycles. The number of pyridine rings is 1. The monoisotopic (exact) mass is 552 g/mol. The van der Waals surface area contributed by atoms with E-state index in [0.29, 0.717) is 5.95 Å². The van der Waals surface area contributed by atoms with Crippen LogP contribution in [0.3, 0.4) is 0 Å². The van der Waals surface area contributed by atoms with E-state index in [-0.39, 0.29) is 0 Å². The average molecular weight is 553 g/mol. The summed E-state index contributed by atoms with van der Waals surface area (Å²) in [7, 11) is 0. The summed E-state index contributed by atoms with van der Waals surface area (Å²) in [6.45, 7) is 0. The Hall–Kier alpha value is -6.01. The largest absolute Gasteiger partial charge is 0.316 e. The number of benzene rings is 4. The smallest absolute Gasteiger partial charge is 0.237 e. The highest BCUT2D eigenvalue weighted by atomic mass is 15.2. The van der Waals surface area contributed by atoms with Crippen molar-refractivity contribution < 1.29 is 0 Å². The van der Waals surface area contributed by atoms with Crippen LogP contribution in [0.5, 0.6) is 0 Å². The lowest BCUT2D eigenvalue weighted by Crippen LogP contribution is -2.05. The molecule has 5 heterocycles. The first-order valence-corrected chi connectivity index (χ1v) is 14.3. The topological polar surface area (TPSA) is 53.5 Å². The Labute approximate surface area is 246 Å². The normalized spacial score (nSPS) is 11.7. The van der Waals surface area contributed by atoms with E-state index in [0.717, 1.165) is 66.5 Å². The van der Waals surface area contributed by atoms with Crippen molar-refractivity contribution in [3.05, 3.63) is 146 Å². The quantitative estimate of drug-likeness (QED) is 0.220. The molecule has 0 saturated carbocycles. The molecular weight excluding hydrogens is 528 g/mol. The first-order valence-electron chi connectivity index (χ1n) is 14.3. The van der Waals surface area contributed by atoms with Crippen LogP contribution in [0, 0.1) is 0 Å². The third kappa shape index (κ3) is 3.57. The summed E-state index contributed by atoms with van der Waals surface area (Å²) < 4.78 is 6.58. The molecule has 0 unspecified atom stereocenters. The molecular formula is C37H24N6. The van der Waals surface area contributed by atoms with Gasteiger partial charge >= 0.3 is 0 Å². The van der Waals surface area contributed by atoms with Gasteiger partial charge in [-0.15, -0.1) is 0 Å². The Bertz CT molecular complexity index is 2430. The molecule has 6 heteroatoms. The second-order valence-electron chi connectivity index (χ2n) is 10.6. The zero-order chi connectivity index (χ0) is 28.3. The number of fused-ring (bicyclic) bond motifs is 6. The van der Waals surface area contributed by atoms with Gasteiger partial charge in [-0.25, -0.2) is 4.98 Å². The van der Waals surface area contributed by atoms with Crippen molar-refractivity contribution >= 4 is 43.7 Å². The second kappa shape index (κ2) is 9.26. The molecule has 9 rings (SSSR count). The minimum Gasteiger partial charge on any atom is -0.316 e. The van der Waals surface area contributed by atoms with E-state index >= 15 is 0 Å². The summed E-state index contributed by atoms with van der Waals surface area (Å²) in [5, 5.41) is 4.41. The lowest BCUT2D eigenvalue weighted by molar-refractivity contribution is 0.988. The zero-order valence-electron chi connectivity index (χ0n) is 23.0. The van der Waals surface area contributed by atoms with E-state index in [9.17, 15) is 0 Å². The molecule has 0 fully saturated rings. The van der Waals surface area contributed by atoms with E-state index in [4.69, 9.17) is 15.0 Å². The Morgan fingerprint density at radius 3 is 1.95 bits per heavy atom. The first kappa shape index (κ1) is 23.7. The van der Waals surface area contributed by atoms with Gasteiger partial charge in [0.25, 0.3) is 0 Å². The summed E-state index contributed by atoms with van der Waals surface area (Å²) in [5.41, 5.74) is 7.87. The fraction of sp³-hybridized carbons (Fsp3) is 0. The molecule has 0 bridgehead atoms. The highest BCUT2D eigenvalue weighted by Crippen LogP contribution is 2.38. The van der Waals surface area contributed by atoms with Crippen molar-refractivity contribution in [1.82, 2.24) is 28.7 Å². The third-order valence-corrected chi connectivity index (χ3v) is 8.21. The van der Waals surface area contributed by atoms with Gasteiger partial charge in [-0.05, 0) is 60.7 Å². The number of nitrogens with zero attached hydrogens (tertiary/aromatic N) is 6. The summed E-state index contributed by atoms with van der Waals surface area (Å²) in [4.78, 5) is 15.3. The van der Waals surface area contributed by atoms with Gasteiger partial charge in [0, 0.05) is 51.5 Å². The van der Waals surface area contributed by atoms with E-state index in [1.807, 2.05) is 48.7 Å². The molecule has 0 radical (unpaired) electrons. The second-order valence-corrected chi connectivity index (χ2v) is 10.6. The van der Waals surface area contributed by atoms with Gasteiger partial charge in [0.15, 0.2) is 5.65 Å². The van der Waals surface area contributed by atoms with Crippen LogP contribution in [0.4, 0.5) is 0 Å². The molecule has 0 aliphatic rings. The molecule has 0 amide bonds. The molecule has 9 aromatic rings. The summed E-state index contributed by atoms with van der Waals surface area (Å²) in [5.74, 6) is 0.607. The van der Waals surface area contributed by atoms with Gasteiger partial charge in [0.05, 0.1) is 22.2 Å². The molecule has 0 N–H and O–H groups in total. The number of hydrogen-bond acceptors (Lipinski definition) is 3. The zero-order valence-corrected chi connectivity index (χ0v) is 23.0. The summed E-state index contributed by atoms with van der Waals surface area (Å²) >= 11 is 0. The van der Waals surface area contributed by atoms with Crippen LogP contribution in [0.2, 0.25) is 0 Å². The van der Waals surface area contributed by atoms with Crippen molar-refractivity contribution in [3.63, 3.8) is 0 Å². The predicted molar refractivity (Wildman–Crippen MR) is 173 cm³/mol. The Balaban J connectivity index is 1.41. The molecule has 43 heavy (non-hydrogen) atoms. The SMILES string of the molecule is c1ccc(-n2ccc3c2ccc2c4ccccc4n(-c4nc(-c5ccccn5)c5ccn(-c6ccccc6)c5n4)c23)cc1. The first-order chi connectivity index (χ1) is 21.3. The predicted octanol–water partition coefficient (Wildman–Crippen LogP) is 8.52. The van der Waals surface area contributed by atoms with Crippen molar-refractivity contribution in [1.29, 1.82) is 0 Å². The number of rotatable bonds is 4. The van der Waals surface area contributed by atoms with Crippen molar-refractivity contribution in [2.24, 2.45) is 0 Å². The van der Waals surface area contributed by atoms with Crippen LogP contribution in [-0.4, -0.2) is 28.7 Å². The lowest BCUT2D eigenvalue weighted by atomic mass is 10.1. The Morgan fingerprint density at radius 2 is 1.16 bits per heavy atom. The number of para-hydroxylation sites is 3. The maximum Gasteiger partial charge on any atom is 0.237 e. The lowest BCUT2D eigenvalue weighted by Gasteiger charge is -2.12. The van der Waals surface area contributed by atoms with Crippen LogP contribution in [0.1, 0.15) is 0 Å². The fourth-order valence-electron chi connectivity index (χ4n) is 6.30. The van der Waals surface area contributed by atoms with Crippen LogP contribution in [-0.2, 0) is 0 Å². The molecule has 4 aromatic carbocycles. The Morgan fingerprint density at radius 1 is 0.465 bits per heavy atom. The van der Waals surface area contributed by atoms with Crippen LogP contribution in [0.15, 0.2) is 146 Å². The van der Waals surface area contributed by atoms with Gasteiger partial charge < -0.3 is 9.13 Å². The highest BCUT2D eigenvalue weighted by Gasteiger charge is 2.21. The standard InChI is InChI=1S/C37H24N6/c1-3-11-25(12-4-1)41-23-20-29-32(41)19-18-28-27-15-7-8-17-33(27)43(35(28)29)37-39-34(31-16-9-10-22-38-31)30-21-24-42(36(30)40-37)26-13-5-2-6-14-26/h1-24H. The fourth-order valence-corrected chi connectivity index (χ4v) is 6.30. The van der Waals surface area contributed by atoms with E-state index in [1.165, 1.54) is 0 Å². The highest BCUT2D eigenvalue weighted by molar-refractivity contribution is 6.18. The van der Waals surface area contributed by atoms with Crippen molar-refractivity contribution in [2.45, 2.75) is 0 Å². The molecule has 0 aliphatic heterocycles. The molecule has 0 spiro atoms. The van der Waals surface area contributed by atoms with Gasteiger partial charge in [-0.1, -0.05) is 66.7 Å². The molecule has 202 valence electrons. The Kier molecular flexibility index (Phi) is 5.10. The molecule has 0 aliphatic carbocycles. The summed E-state index contributed by atoms with van der Waals surface area (Å²) in [6.07, 6.45) is 6.02. The van der Waals surface area contributed by atoms with Gasteiger partial charge in [0.1, 0.15) is 5.69 Å². The molecule has 0 atom stereocenters. The van der Waals surface area contributed by atoms with Crippen molar-refractivity contribution in [3.8, 4) is 28.7 Å². The average Bonchev–Trinajstić information content (AvgIpc) is 3.79. The minimum atomic E-state index is 0.607. The molecule has 5 aromatic heterocycles. The maximum absolute atomic E-state index is 5.29. The third-order valence-electron chi connectivity index (χ3n) is 8.21. The van der Waals surface area contributed by atoms with Crippen LogP contribution < -0.4 is 0 Å². The maximum atomic E-state index is 5.29. The van der Waals surface area contributed by atoms with E-state index in [2.05, 4.69) is 111 Å². The van der Waals surface area contributed by atoms with Gasteiger partial charge in [0.2, 0.25) is 5.95 Å². The van der Waals surface area contributed by atoms with Crippen LogP contribution in [0.25, 0.3) is 72.5 Å². The number of aromatic nitrogens is 6. The van der Waals surface area contributed by atoms with Gasteiger partial charge in [-0.3, -0.25) is 9.55 Å². The van der Waals surface area contributed by atoms with Crippen molar-refractivity contribution in [2.75, 3.05) is 0 Å². The van der Waals surface area contributed by atoms with Gasteiger partial charge in [-0.2, -0.15) is 4.98 Å². The number of hydrogen-bond donors (Lipinski definition) is 0. The summed E-state index contributed by atoms with van der Waals surface area (Å²) in [6, 6.07) is 43.9. The van der Waals surface area contributed by atoms with E-state index < -0.39 is 0 Å². The minimum absolute atomic E-state index is 0.607. The van der Waals surface area contributed by atoms with Crippen LogP contribution >= 0.6 is 0 Å². The molecule has 6 nitrogen and oxygen atoms in total. The van der Waals surface area contributed by atoms with E-state index in [1.54, 1.807) is 0 Å².